The van der Waals surface area contributed by atoms with Crippen molar-refractivity contribution in [3.8, 4) is 0 Å². The van der Waals surface area contributed by atoms with Crippen LogP contribution >= 0.6 is 11.6 Å². The number of piperidine rings is 1. The molecule has 1 saturated heterocycles. The molecule has 1 fully saturated rings. The quantitative estimate of drug-likeness (QED) is 0.520. The summed E-state index contributed by atoms with van der Waals surface area (Å²) >= 11 is 6.31. The van der Waals surface area contributed by atoms with Gasteiger partial charge in [-0.05, 0) is 56.6 Å². The molecule has 0 radical (unpaired) electrons. The van der Waals surface area contributed by atoms with Crippen LogP contribution in [0.3, 0.4) is 0 Å². The number of hydrogen-bond donors (Lipinski definition) is 0. The van der Waals surface area contributed by atoms with Crippen molar-refractivity contribution in [1.29, 1.82) is 0 Å². The minimum atomic E-state index is -3.47. The van der Waals surface area contributed by atoms with Crippen molar-refractivity contribution >= 4 is 32.7 Å². The Kier molecular flexibility index (Phi) is 6.67. The third-order valence-corrected chi connectivity index (χ3v) is 8.14. The fraction of sp³-hybridized carbons (Fsp3) is 0.435. The Labute approximate surface area is 189 Å². The van der Waals surface area contributed by atoms with Crippen LogP contribution in [0.25, 0.3) is 11.0 Å². The van der Waals surface area contributed by atoms with Crippen LogP contribution in [0, 0.1) is 0 Å². The number of sulfonamides is 1. The van der Waals surface area contributed by atoms with Crippen LogP contribution in [0.15, 0.2) is 47.4 Å². The summed E-state index contributed by atoms with van der Waals surface area (Å²) < 4.78 is 29.9. The molecule has 1 aliphatic heterocycles. The predicted molar refractivity (Wildman–Crippen MR) is 125 cm³/mol. The van der Waals surface area contributed by atoms with Gasteiger partial charge in [-0.15, -0.1) is 0 Å². The standard InChI is InChI=1S/C23H29ClN4O2S/c1-3-28-22-12-11-19(31(29,30)27-13-7-4-8-14-27)15-21(22)25-23(28)17-26(2)16-18-9-5-6-10-20(18)24/h5-6,9-12,15H,3-4,7-8,13-14,16-17H2,1-2H3. The average molecular weight is 461 g/mol. The van der Waals surface area contributed by atoms with Gasteiger partial charge in [-0.2, -0.15) is 4.31 Å². The third kappa shape index (κ3) is 4.65. The molecule has 31 heavy (non-hydrogen) atoms. The Morgan fingerprint density at radius 2 is 1.81 bits per heavy atom. The van der Waals surface area contributed by atoms with E-state index in [9.17, 15) is 8.42 Å². The van der Waals surface area contributed by atoms with Crippen molar-refractivity contribution in [2.45, 2.75) is 50.7 Å². The second-order valence-electron chi connectivity index (χ2n) is 8.15. The van der Waals surface area contributed by atoms with Gasteiger partial charge in [0.1, 0.15) is 5.82 Å². The molecule has 1 aromatic heterocycles. The summed E-state index contributed by atoms with van der Waals surface area (Å²) in [7, 11) is -1.44. The Hall–Kier alpha value is -1.93. The maximum Gasteiger partial charge on any atom is 0.243 e. The van der Waals surface area contributed by atoms with Gasteiger partial charge in [0.15, 0.2) is 0 Å². The van der Waals surface area contributed by atoms with E-state index in [1.807, 2.05) is 37.4 Å². The highest BCUT2D eigenvalue weighted by Crippen LogP contribution is 2.26. The molecule has 0 bridgehead atoms. The van der Waals surface area contributed by atoms with Crippen LogP contribution in [-0.2, 0) is 29.7 Å². The summed E-state index contributed by atoms with van der Waals surface area (Å²) in [4.78, 5) is 7.31. The van der Waals surface area contributed by atoms with E-state index in [2.05, 4.69) is 16.4 Å². The van der Waals surface area contributed by atoms with Crippen LogP contribution in [0.1, 0.15) is 37.6 Å². The van der Waals surface area contributed by atoms with Crippen molar-refractivity contribution in [3.05, 3.63) is 58.9 Å². The van der Waals surface area contributed by atoms with Crippen LogP contribution in [0.4, 0.5) is 0 Å². The molecule has 0 aliphatic carbocycles. The van der Waals surface area contributed by atoms with Crippen LogP contribution in [0.2, 0.25) is 5.02 Å². The lowest BCUT2D eigenvalue weighted by atomic mass is 10.2. The van der Waals surface area contributed by atoms with E-state index in [-0.39, 0.29) is 0 Å². The van der Waals surface area contributed by atoms with Crippen molar-refractivity contribution in [1.82, 2.24) is 18.8 Å². The lowest BCUT2D eigenvalue weighted by molar-refractivity contribution is 0.306. The number of halogens is 1. The lowest BCUT2D eigenvalue weighted by Crippen LogP contribution is -2.35. The summed E-state index contributed by atoms with van der Waals surface area (Å²) in [5, 5.41) is 0.755. The molecule has 0 amide bonds. The van der Waals surface area contributed by atoms with E-state index in [1.54, 1.807) is 16.4 Å². The van der Waals surface area contributed by atoms with Gasteiger partial charge < -0.3 is 4.57 Å². The molecule has 4 rings (SSSR count). The van der Waals surface area contributed by atoms with Crippen molar-refractivity contribution in [2.24, 2.45) is 0 Å². The van der Waals surface area contributed by atoms with E-state index >= 15 is 0 Å². The van der Waals surface area contributed by atoms with E-state index in [1.165, 1.54) is 0 Å². The van der Waals surface area contributed by atoms with Crippen molar-refractivity contribution < 1.29 is 8.42 Å². The summed E-state index contributed by atoms with van der Waals surface area (Å²) in [5.41, 5.74) is 2.75. The molecule has 0 spiro atoms. The number of aryl methyl sites for hydroxylation is 1. The van der Waals surface area contributed by atoms with Crippen molar-refractivity contribution in [3.63, 3.8) is 0 Å². The zero-order chi connectivity index (χ0) is 22.0. The minimum Gasteiger partial charge on any atom is -0.327 e. The molecule has 166 valence electrons. The van der Waals surface area contributed by atoms with Crippen molar-refractivity contribution in [2.75, 3.05) is 20.1 Å². The molecule has 0 unspecified atom stereocenters. The van der Waals surface area contributed by atoms with Crippen LogP contribution < -0.4 is 0 Å². The molecule has 3 aromatic rings. The number of fused-ring (bicyclic) bond motifs is 1. The number of rotatable bonds is 7. The van der Waals surface area contributed by atoms with Gasteiger partial charge in [-0.25, -0.2) is 13.4 Å². The first-order valence-electron chi connectivity index (χ1n) is 10.8. The lowest BCUT2D eigenvalue weighted by Gasteiger charge is -2.25. The molecule has 0 saturated carbocycles. The molecule has 0 N–H and O–H groups in total. The van der Waals surface area contributed by atoms with Gasteiger partial charge in [-0.3, -0.25) is 4.90 Å². The van der Waals surface area contributed by atoms with Gasteiger partial charge in [0.2, 0.25) is 10.0 Å². The Morgan fingerprint density at radius 1 is 1.06 bits per heavy atom. The monoisotopic (exact) mass is 460 g/mol. The first-order chi connectivity index (χ1) is 14.9. The Bertz CT molecular complexity index is 1170. The smallest absolute Gasteiger partial charge is 0.243 e. The number of imidazole rings is 1. The fourth-order valence-corrected chi connectivity index (χ4v) is 6.00. The van der Waals surface area contributed by atoms with E-state index < -0.39 is 10.0 Å². The van der Waals surface area contributed by atoms with E-state index in [0.717, 1.165) is 53.3 Å². The zero-order valence-electron chi connectivity index (χ0n) is 18.1. The summed E-state index contributed by atoms with van der Waals surface area (Å²) in [5.74, 6) is 0.916. The molecule has 6 nitrogen and oxygen atoms in total. The van der Waals surface area contributed by atoms with E-state index in [0.29, 0.717) is 31.1 Å². The SMILES string of the molecule is CCn1c(CN(C)Cc2ccccc2Cl)nc2cc(S(=O)(=O)N3CCCCC3)ccc21. The van der Waals surface area contributed by atoms with E-state index in [4.69, 9.17) is 16.6 Å². The largest absolute Gasteiger partial charge is 0.327 e. The van der Waals surface area contributed by atoms with Gasteiger partial charge in [0.25, 0.3) is 0 Å². The average Bonchev–Trinajstić information content (AvgIpc) is 3.12. The van der Waals surface area contributed by atoms with Gasteiger partial charge in [-0.1, -0.05) is 36.2 Å². The molecule has 8 heteroatoms. The fourth-order valence-electron chi connectivity index (χ4n) is 4.26. The predicted octanol–water partition coefficient (Wildman–Crippen LogP) is 4.52. The minimum absolute atomic E-state index is 0.332. The Morgan fingerprint density at radius 3 is 2.52 bits per heavy atom. The first-order valence-corrected chi connectivity index (χ1v) is 12.6. The topological polar surface area (TPSA) is 58.4 Å². The number of benzene rings is 2. The maximum atomic E-state index is 13.1. The summed E-state index contributed by atoms with van der Waals surface area (Å²) in [6.45, 7) is 5.40. The second kappa shape index (κ2) is 9.28. The molecular formula is C23H29ClN4O2S. The van der Waals surface area contributed by atoms with Crippen LogP contribution in [-0.4, -0.2) is 47.3 Å². The highest BCUT2D eigenvalue weighted by atomic mass is 35.5. The molecule has 0 atom stereocenters. The number of aromatic nitrogens is 2. The third-order valence-electron chi connectivity index (χ3n) is 5.88. The number of hydrogen-bond acceptors (Lipinski definition) is 4. The highest BCUT2D eigenvalue weighted by Gasteiger charge is 2.26. The normalized spacial score (nSPS) is 15.7. The molecule has 2 heterocycles. The van der Waals surface area contributed by atoms with Gasteiger partial charge >= 0.3 is 0 Å². The molecule has 2 aromatic carbocycles. The highest BCUT2D eigenvalue weighted by molar-refractivity contribution is 7.89. The zero-order valence-corrected chi connectivity index (χ0v) is 19.7. The second-order valence-corrected chi connectivity index (χ2v) is 10.5. The number of nitrogens with zero attached hydrogens (tertiary/aromatic N) is 4. The van der Waals surface area contributed by atoms with Gasteiger partial charge in [0.05, 0.1) is 22.5 Å². The molecule has 1 aliphatic rings. The first kappa shape index (κ1) is 22.3. The summed E-state index contributed by atoms with van der Waals surface area (Å²) in [6, 6.07) is 13.2. The molecular weight excluding hydrogens is 432 g/mol. The Balaban J connectivity index is 1.60. The summed E-state index contributed by atoms with van der Waals surface area (Å²) in [6.07, 6.45) is 2.94. The van der Waals surface area contributed by atoms with Crippen LogP contribution in [0.5, 0.6) is 0 Å². The maximum absolute atomic E-state index is 13.1. The van der Waals surface area contributed by atoms with Gasteiger partial charge in [0, 0.05) is 31.2 Å².